The Balaban J connectivity index is 2.55. The number of rotatable bonds is 1. The molecule has 0 aliphatic rings. The third-order valence-electron chi connectivity index (χ3n) is 2.22. The van der Waals surface area contributed by atoms with Crippen molar-refractivity contribution in [2.24, 2.45) is 7.05 Å². The molecule has 18 heavy (non-hydrogen) atoms. The molecular formula is C9H6ClF3N4O. The summed E-state index contributed by atoms with van der Waals surface area (Å²) in [5.74, 6) is 0. The van der Waals surface area contributed by atoms with Crippen molar-refractivity contribution in [2.45, 2.75) is 6.18 Å². The average molecular weight is 279 g/mol. The van der Waals surface area contributed by atoms with Crippen LogP contribution >= 0.6 is 11.6 Å². The minimum atomic E-state index is -4.49. The van der Waals surface area contributed by atoms with Crippen LogP contribution in [0.5, 0.6) is 0 Å². The van der Waals surface area contributed by atoms with Crippen molar-refractivity contribution >= 4 is 11.6 Å². The second-order valence-electron chi connectivity index (χ2n) is 3.46. The minimum absolute atomic E-state index is 0.0442. The number of alkyl halides is 3. The zero-order valence-electron chi connectivity index (χ0n) is 8.94. The summed E-state index contributed by atoms with van der Waals surface area (Å²) >= 11 is 5.71. The first-order valence-electron chi connectivity index (χ1n) is 4.67. The van der Waals surface area contributed by atoms with Crippen LogP contribution in [-0.2, 0) is 13.2 Å². The Morgan fingerprint density at radius 3 is 2.39 bits per heavy atom. The summed E-state index contributed by atoms with van der Waals surface area (Å²) in [5, 5.41) is 6.70. The molecule has 0 bridgehead atoms. The van der Waals surface area contributed by atoms with Gasteiger partial charge in [-0.3, -0.25) is 0 Å². The van der Waals surface area contributed by atoms with Gasteiger partial charge in [0.15, 0.2) is 0 Å². The predicted molar refractivity (Wildman–Crippen MR) is 56.6 cm³/mol. The lowest BCUT2D eigenvalue weighted by atomic mass is 10.2. The SMILES string of the molecule is Cn1nnn(-c2ccc(C(F)(F)F)cc2Cl)c1=O. The van der Waals surface area contributed by atoms with Crippen molar-refractivity contribution < 1.29 is 13.2 Å². The Labute approximate surface area is 103 Å². The highest BCUT2D eigenvalue weighted by atomic mass is 35.5. The molecule has 1 heterocycles. The van der Waals surface area contributed by atoms with E-state index >= 15 is 0 Å². The monoisotopic (exact) mass is 278 g/mol. The molecule has 1 aromatic carbocycles. The fourth-order valence-corrected chi connectivity index (χ4v) is 1.58. The predicted octanol–water partition coefficient (Wildman–Crippen LogP) is 1.64. The summed E-state index contributed by atoms with van der Waals surface area (Å²) in [5.41, 5.74) is -1.45. The molecule has 2 rings (SSSR count). The van der Waals surface area contributed by atoms with Gasteiger partial charge in [0.25, 0.3) is 0 Å². The van der Waals surface area contributed by atoms with E-state index in [2.05, 4.69) is 10.4 Å². The first-order valence-corrected chi connectivity index (χ1v) is 5.04. The molecule has 0 radical (unpaired) electrons. The van der Waals surface area contributed by atoms with Crippen molar-refractivity contribution in [2.75, 3.05) is 0 Å². The van der Waals surface area contributed by atoms with Crippen molar-refractivity contribution in [3.63, 3.8) is 0 Å². The van der Waals surface area contributed by atoms with Gasteiger partial charge >= 0.3 is 11.9 Å². The fraction of sp³-hybridized carbons (Fsp3) is 0.222. The summed E-state index contributed by atoms with van der Waals surface area (Å²) in [4.78, 5) is 11.5. The molecule has 1 aromatic heterocycles. The van der Waals surface area contributed by atoms with Gasteiger partial charge in [0, 0.05) is 7.05 Å². The smallest absolute Gasteiger partial charge is 0.244 e. The molecule has 0 spiro atoms. The molecule has 5 nitrogen and oxygen atoms in total. The first-order chi connectivity index (χ1) is 8.30. The lowest BCUT2D eigenvalue weighted by Gasteiger charge is -2.08. The van der Waals surface area contributed by atoms with E-state index in [0.717, 1.165) is 27.6 Å². The molecule has 0 amide bonds. The highest BCUT2D eigenvalue weighted by Gasteiger charge is 2.31. The summed E-state index contributed by atoms with van der Waals surface area (Å²) < 4.78 is 39.0. The Hall–Kier alpha value is -1.83. The number of nitrogens with zero attached hydrogens (tertiary/aromatic N) is 4. The van der Waals surface area contributed by atoms with Crippen LogP contribution in [0.4, 0.5) is 13.2 Å². The van der Waals surface area contributed by atoms with Crippen LogP contribution in [0, 0.1) is 0 Å². The third kappa shape index (κ3) is 2.10. The maximum absolute atomic E-state index is 12.4. The van der Waals surface area contributed by atoms with Crippen molar-refractivity contribution in [1.82, 2.24) is 19.8 Å². The molecule has 0 aliphatic carbocycles. The van der Waals surface area contributed by atoms with Gasteiger partial charge in [-0.05, 0) is 28.6 Å². The van der Waals surface area contributed by atoms with Crippen molar-refractivity contribution in [3.05, 3.63) is 39.3 Å². The molecular weight excluding hydrogens is 273 g/mol. The number of hydrogen-bond acceptors (Lipinski definition) is 3. The Bertz CT molecular complexity index is 646. The van der Waals surface area contributed by atoms with Gasteiger partial charge in [-0.25, -0.2) is 4.79 Å². The highest BCUT2D eigenvalue weighted by Crippen LogP contribution is 2.32. The highest BCUT2D eigenvalue weighted by molar-refractivity contribution is 6.32. The molecule has 0 unspecified atom stereocenters. The van der Waals surface area contributed by atoms with Gasteiger partial charge in [-0.2, -0.15) is 22.5 Å². The van der Waals surface area contributed by atoms with E-state index in [1.54, 1.807) is 0 Å². The number of aromatic nitrogens is 4. The number of halogens is 4. The van der Waals surface area contributed by atoms with Crippen molar-refractivity contribution in [1.29, 1.82) is 0 Å². The Kier molecular flexibility index (Phi) is 2.89. The largest absolute Gasteiger partial charge is 0.416 e. The molecule has 0 fully saturated rings. The van der Waals surface area contributed by atoms with Crippen LogP contribution in [0.15, 0.2) is 23.0 Å². The summed E-state index contributed by atoms with van der Waals surface area (Å²) in [6.07, 6.45) is -4.49. The van der Waals surface area contributed by atoms with E-state index in [9.17, 15) is 18.0 Å². The third-order valence-corrected chi connectivity index (χ3v) is 2.53. The minimum Gasteiger partial charge on any atom is -0.244 e. The molecule has 0 aliphatic heterocycles. The topological polar surface area (TPSA) is 52.7 Å². The normalized spacial score (nSPS) is 11.8. The fourth-order valence-electron chi connectivity index (χ4n) is 1.32. The van der Waals surface area contributed by atoms with Crippen LogP contribution in [0.3, 0.4) is 0 Å². The maximum Gasteiger partial charge on any atom is 0.416 e. The maximum atomic E-state index is 12.4. The van der Waals surface area contributed by atoms with E-state index in [0.29, 0.717) is 0 Å². The Morgan fingerprint density at radius 2 is 1.94 bits per heavy atom. The molecule has 0 saturated carbocycles. The zero-order valence-corrected chi connectivity index (χ0v) is 9.70. The summed E-state index contributed by atoms with van der Waals surface area (Å²) in [7, 11) is 1.36. The van der Waals surface area contributed by atoms with E-state index < -0.39 is 17.4 Å². The zero-order chi connectivity index (χ0) is 13.5. The molecule has 96 valence electrons. The molecule has 9 heteroatoms. The van der Waals surface area contributed by atoms with E-state index in [1.807, 2.05) is 0 Å². The number of benzene rings is 1. The molecule has 2 aromatic rings. The quantitative estimate of drug-likeness (QED) is 0.797. The van der Waals surface area contributed by atoms with Gasteiger partial charge in [0.2, 0.25) is 0 Å². The van der Waals surface area contributed by atoms with Crippen LogP contribution in [0.1, 0.15) is 5.56 Å². The van der Waals surface area contributed by atoms with Crippen molar-refractivity contribution in [3.8, 4) is 5.69 Å². The second-order valence-corrected chi connectivity index (χ2v) is 3.87. The van der Waals surface area contributed by atoms with Gasteiger partial charge in [0.05, 0.1) is 16.3 Å². The number of hydrogen-bond donors (Lipinski definition) is 0. The van der Waals surface area contributed by atoms with Gasteiger partial charge in [-0.1, -0.05) is 11.6 Å². The lowest BCUT2D eigenvalue weighted by molar-refractivity contribution is -0.137. The first kappa shape index (κ1) is 12.6. The van der Waals surface area contributed by atoms with Gasteiger partial charge < -0.3 is 0 Å². The number of aryl methyl sites for hydroxylation is 1. The van der Waals surface area contributed by atoms with Crippen LogP contribution < -0.4 is 5.69 Å². The molecule has 0 N–H and O–H groups in total. The number of tetrazole rings is 1. The summed E-state index contributed by atoms with van der Waals surface area (Å²) in [6.45, 7) is 0. The molecule has 0 saturated heterocycles. The van der Waals surface area contributed by atoms with E-state index in [4.69, 9.17) is 11.6 Å². The second kappa shape index (κ2) is 4.13. The van der Waals surface area contributed by atoms with Gasteiger partial charge in [-0.15, -0.1) is 0 Å². The van der Waals surface area contributed by atoms with Crippen LogP contribution in [0.25, 0.3) is 5.69 Å². The van der Waals surface area contributed by atoms with E-state index in [1.165, 1.54) is 7.05 Å². The lowest BCUT2D eigenvalue weighted by Crippen LogP contribution is -2.22. The van der Waals surface area contributed by atoms with Crippen LogP contribution in [-0.4, -0.2) is 19.8 Å². The van der Waals surface area contributed by atoms with Gasteiger partial charge in [0.1, 0.15) is 0 Å². The Morgan fingerprint density at radius 1 is 1.28 bits per heavy atom. The molecule has 0 atom stereocenters. The summed E-state index contributed by atoms with van der Waals surface area (Å²) in [6, 6.07) is 2.63. The standard InChI is InChI=1S/C9H6ClF3N4O/c1-16-8(18)17(15-14-16)7-3-2-5(4-6(7)10)9(11,12)13/h2-4H,1H3. The average Bonchev–Trinajstić information content (AvgIpc) is 2.59. The van der Waals surface area contributed by atoms with E-state index in [-0.39, 0.29) is 10.7 Å². The van der Waals surface area contributed by atoms with Crippen LogP contribution in [0.2, 0.25) is 5.02 Å².